The first-order valence-corrected chi connectivity index (χ1v) is 14.5. The fourth-order valence-corrected chi connectivity index (χ4v) is 4.07. The van der Waals surface area contributed by atoms with Crippen LogP contribution in [-0.4, -0.2) is 79.2 Å². The monoisotopic (exact) mass is 620 g/mol. The molecule has 0 amide bonds. The van der Waals surface area contributed by atoms with Crippen LogP contribution in [0.5, 0.6) is 0 Å². The topological polar surface area (TPSA) is 165 Å². The molecule has 0 saturated heterocycles. The third-order valence-electron chi connectivity index (χ3n) is 6.54. The van der Waals surface area contributed by atoms with Crippen LogP contribution < -0.4 is 0 Å². The molecule has 8 atom stereocenters. The van der Waals surface area contributed by atoms with Gasteiger partial charge in [-0.1, -0.05) is 111 Å². The second-order valence-electron chi connectivity index (χ2n) is 10.8. The quantitative estimate of drug-likeness (QED) is 0.0650. The Balaban J connectivity index is 2.57. The predicted molar refractivity (Wildman–Crippen MR) is 167 cm³/mol. The molecule has 0 bridgehead atoms. The second-order valence-corrected chi connectivity index (χ2v) is 11.2. The summed E-state index contributed by atoms with van der Waals surface area (Å²) in [6.45, 7) is 7.47. The number of carbonyl (C=O) groups excluding carboxylic acids is 1. The van der Waals surface area contributed by atoms with Crippen molar-refractivity contribution >= 4 is 23.5 Å². The Hall–Kier alpha value is -3.05. The van der Waals surface area contributed by atoms with Gasteiger partial charge in [0, 0.05) is 29.9 Å². The van der Waals surface area contributed by atoms with Crippen molar-refractivity contribution in [3.05, 3.63) is 95.7 Å². The first-order chi connectivity index (χ1) is 20.2. The molecule has 0 aliphatic heterocycles. The maximum absolute atomic E-state index is 12.0. The number of aliphatic carboxylic acids is 1. The van der Waals surface area contributed by atoms with E-state index in [0.29, 0.717) is 5.92 Å². The number of allylic oxidation sites excluding steroid dienone is 11. The lowest BCUT2D eigenvalue weighted by molar-refractivity contribution is -0.152. The molecular weight excluding hydrogens is 576 g/mol. The van der Waals surface area contributed by atoms with Crippen LogP contribution in [0.25, 0.3) is 0 Å². The summed E-state index contributed by atoms with van der Waals surface area (Å²) in [5.41, 5.74) is 0.829. The number of halogens is 1. The number of aliphatic hydroxyl groups excluding tert-OH is 5. The van der Waals surface area contributed by atoms with E-state index in [-0.39, 0.29) is 17.9 Å². The summed E-state index contributed by atoms with van der Waals surface area (Å²) in [7, 11) is 0. The molecule has 0 spiro atoms. The van der Waals surface area contributed by atoms with Gasteiger partial charge < -0.3 is 35.4 Å². The van der Waals surface area contributed by atoms with Crippen molar-refractivity contribution in [2.24, 2.45) is 17.8 Å². The average Bonchev–Trinajstić information content (AvgIpc) is 2.95. The third-order valence-corrected chi connectivity index (χ3v) is 7.01. The Bertz CT molecular complexity index is 1130. The Morgan fingerprint density at radius 3 is 2.19 bits per heavy atom. The SMILES string of the molecule is CC(/C=C/C=C/C(=O)OC1CC(C(=O)O)C=CC1O)=C\C=C\C=C(/Cl)C(C)C(O)C(O)C(O)CC(O)/C=C/C=C/C(C)C. The van der Waals surface area contributed by atoms with E-state index in [2.05, 4.69) is 0 Å². The van der Waals surface area contributed by atoms with Gasteiger partial charge in [-0.15, -0.1) is 0 Å². The molecule has 0 aromatic carbocycles. The van der Waals surface area contributed by atoms with E-state index >= 15 is 0 Å². The number of carbonyl (C=O) groups is 2. The van der Waals surface area contributed by atoms with Gasteiger partial charge in [0.05, 0.1) is 24.2 Å². The summed E-state index contributed by atoms with van der Waals surface area (Å²) in [5.74, 6) is -2.90. The van der Waals surface area contributed by atoms with Gasteiger partial charge in [-0.25, -0.2) is 4.79 Å². The minimum atomic E-state index is -1.51. The predicted octanol–water partition coefficient (Wildman–Crippen LogP) is 3.90. The number of rotatable bonds is 16. The summed E-state index contributed by atoms with van der Waals surface area (Å²) in [4.78, 5) is 23.1. The molecule has 0 aromatic rings. The lowest BCUT2D eigenvalue weighted by Crippen LogP contribution is -2.42. The molecule has 0 fully saturated rings. The van der Waals surface area contributed by atoms with Crippen LogP contribution in [0.3, 0.4) is 0 Å². The van der Waals surface area contributed by atoms with E-state index in [1.54, 1.807) is 55.5 Å². The first kappa shape index (κ1) is 38.0. The zero-order chi connectivity index (χ0) is 32.5. The highest BCUT2D eigenvalue weighted by Gasteiger charge is 2.32. The van der Waals surface area contributed by atoms with Crippen LogP contribution >= 0.6 is 11.6 Å². The average molecular weight is 621 g/mol. The minimum absolute atomic E-state index is 0.00572. The zero-order valence-corrected chi connectivity index (χ0v) is 25.7. The number of carboxylic acid groups (broad SMARTS) is 1. The maximum atomic E-state index is 12.0. The highest BCUT2D eigenvalue weighted by Crippen LogP contribution is 2.24. The molecule has 10 heteroatoms. The standard InChI is InChI=1S/C33H45ClO9/c1-21(2)11-5-8-14-25(35)20-28(37)32(40)31(39)23(4)26(34)15-9-6-12-22(3)13-7-10-16-30(38)43-29-19-24(33(41)42)17-18-27(29)36/h5-18,21,23-25,27-29,31-32,35-37,39-40H,19-20H2,1-4H3,(H,41,42)/b9-6+,11-5+,13-7+,14-8+,16-10+,22-12+,26-15-. The van der Waals surface area contributed by atoms with Crippen molar-refractivity contribution in [1.82, 2.24) is 0 Å². The largest absolute Gasteiger partial charge is 0.481 e. The molecule has 6 N–H and O–H groups in total. The van der Waals surface area contributed by atoms with Gasteiger partial charge in [-0.2, -0.15) is 0 Å². The molecular formula is C33H45ClO9. The number of esters is 1. The summed E-state index contributed by atoms with van der Waals surface area (Å²) >= 11 is 6.29. The molecule has 0 heterocycles. The van der Waals surface area contributed by atoms with Gasteiger partial charge in [0.15, 0.2) is 0 Å². The van der Waals surface area contributed by atoms with Crippen molar-refractivity contribution in [1.29, 1.82) is 0 Å². The van der Waals surface area contributed by atoms with Crippen molar-refractivity contribution in [2.75, 3.05) is 0 Å². The minimum Gasteiger partial charge on any atom is -0.481 e. The van der Waals surface area contributed by atoms with Crippen LogP contribution in [0.15, 0.2) is 95.7 Å². The summed E-state index contributed by atoms with van der Waals surface area (Å²) in [6.07, 6.45) is 14.9. The Kier molecular flexibility index (Phi) is 17.7. The molecule has 0 radical (unpaired) electrons. The summed E-state index contributed by atoms with van der Waals surface area (Å²) in [5, 5.41) is 60.4. The van der Waals surface area contributed by atoms with Crippen LogP contribution in [0, 0.1) is 17.8 Å². The summed E-state index contributed by atoms with van der Waals surface area (Å²) < 4.78 is 5.17. The molecule has 1 aliphatic carbocycles. The van der Waals surface area contributed by atoms with Crippen LogP contribution in [0.2, 0.25) is 0 Å². The molecule has 8 unspecified atom stereocenters. The maximum Gasteiger partial charge on any atom is 0.331 e. The first-order valence-electron chi connectivity index (χ1n) is 14.1. The molecule has 0 saturated carbocycles. The van der Waals surface area contributed by atoms with Gasteiger partial charge in [-0.05, 0) is 18.9 Å². The summed E-state index contributed by atoms with van der Waals surface area (Å²) in [6, 6.07) is 0. The zero-order valence-electron chi connectivity index (χ0n) is 25.0. The molecule has 238 valence electrons. The van der Waals surface area contributed by atoms with E-state index in [1.807, 2.05) is 26.8 Å². The van der Waals surface area contributed by atoms with Crippen molar-refractivity contribution < 1.29 is 45.0 Å². The third kappa shape index (κ3) is 15.3. The normalized spacial score (nSPS) is 24.0. The molecule has 0 aromatic heterocycles. The smallest absolute Gasteiger partial charge is 0.331 e. The Morgan fingerprint density at radius 2 is 1.53 bits per heavy atom. The molecule has 9 nitrogen and oxygen atoms in total. The van der Waals surface area contributed by atoms with E-state index in [9.17, 15) is 35.1 Å². The van der Waals surface area contributed by atoms with E-state index in [4.69, 9.17) is 21.4 Å². The van der Waals surface area contributed by atoms with Gasteiger partial charge in [0.2, 0.25) is 0 Å². The van der Waals surface area contributed by atoms with E-state index in [1.165, 1.54) is 30.4 Å². The number of aliphatic hydroxyl groups is 5. The highest BCUT2D eigenvalue weighted by atomic mass is 35.5. The van der Waals surface area contributed by atoms with Crippen molar-refractivity contribution in [2.45, 2.75) is 77.2 Å². The fraction of sp³-hybridized carbons (Fsp3) is 0.455. The Morgan fingerprint density at radius 1 is 0.907 bits per heavy atom. The Labute approximate surface area is 258 Å². The van der Waals surface area contributed by atoms with Gasteiger partial charge >= 0.3 is 11.9 Å². The van der Waals surface area contributed by atoms with Gasteiger partial charge in [-0.3, -0.25) is 4.79 Å². The van der Waals surface area contributed by atoms with Crippen molar-refractivity contribution in [3.63, 3.8) is 0 Å². The molecule has 43 heavy (non-hydrogen) atoms. The van der Waals surface area contributed by atoms with Crippen LogP contribution in [0.4, 0.5) is 0 Å². The fourth-order valence-electron chi connectivity index (χ4n) is 3.86. The van der Waals surface area contributed by atoms with E-state index < -0.39 is 60.4 Å². The lowest BCUT2D eigenvalue weighted by atomic mass is 9.92. The van der Waals surface area contributed by atoms with Gasteiger partial charge in [0.1, 0.15) is 18.3 Å². The number of ether oxygens (including phenoxy) is 1. The number of carboxylic acids is 1. The number of hydrogen-bond acceptors (Lipinski definition) is 8. The van der Waals surface area contributed by atoms with Gasteiger partial charge in [0.25, 0.3) is 0 Å². The number of hydrogen-bond donors (Lipinski definition) is 6. The lowest BCUT2D eigenvalue weighted by Gasteiger charge is -2.27. The molecule has 1 rings (SSSR count). The van der Waals surface area contributed by atoms with Crippen molar-refractivity contribution in [3.8, 4) is 0 Å². The highest BCUT2D eigenvalue weighted by molar-refractivity contribution is 6.30. The second kappa shape index (κ2) is 20.0. The van der Waals surface area contributed by atoms with E-state index in [0.717, 1.165) is 5.57 Å². The van der Waals surface area contributed by atoms with Crippen LogP contribution in [-0.2, 0) is 14.3 Å². The molecule has 1 aliphatic rings. The van der Waals surface area contributed by atoms with Crippen LogP contribution in [0.1, 0.15) is 40.5 Å².